The quantitative estimate of drug-likeness (QED) is 0.493. The topological polar surface area (TPSA) is 85.4 Å². The third-order valence-corrected chi connectivity index (χ3v) is 3.06. The van der Waals surface area contributed by atoms with Crippen molar-refractivity contribution in [3.63, 3.8) is 0 Å². The molecule has 0 saturated carbocycles. The van der Waals surface area contributed by atoms with Crippen LogP contribution in [0.2, 0.25) is 5.02 Å². The van der Waals surface area contributed by atoms with Gasteiger partial charge in [0.05, 0.1) is 16.7 Å². The summed E-state index contributed by atoms with van der Waals surface area (Å²) in [4.78, 5) is 21.4. The molecule has 1 heterocycles. The maximum atomic E-state index is 12.7. The normalized spacial score (nSPS) is 11.7. The molecular formula is C14H8ClF3N2O4. The minimum atomic E-state index is -4.65. The minimum Gasteiger partial charge on any atom is -0.401 e. The maximum absolute atomic E-state index is 12.7. The zero-order valence-electron chi connectivity index (χ0n) is 11.6. The van der Waals surface area contributed by atoms with Gasteiger partial charge in [0.2, 0.25) is 5.91 Å². The lowest BCUT2D eigenvalue weighted by Gasteiger charge is -2.11. The summed E-state index contributed by atoms with van der Waals surface area (Å²) in [6.45, 7) is 0. The Bertz CT molecular complexity index is 815. The Labute approximate surface area is 137 Å². The molecule has 0 aliphatic carbocycles. The van der Waals surface area contributed by atoms with Crippen LogP contribution in [0, 0.1) is 10.1 Å². The predicted octanol–water partition coefficient (Wildman–Crippen LogP) is 4.51. The number of anilines is 1. The molecule has 1 aromatic carbocycles. The van der Waals surface area contributed by atoms with E-state index in [9.17, 15) is 28.1 Å². The minimum absolute atomic E-state index is 0.0453. The lowest BCUT2D eigenvalue weighted by Crippen LogP contribution is -2.10. The van der Waals surface area contributed by atoms with Gasteiger partial charge < -0.3 is 9.73 Å². The number of amides is 1. The lowest BCUT2D eigenvalue weighted by molar-refractivity contribution is -0.402. The van der Waals surface area contributed by atoms with Gasteiger partial charge in [-0.25, -0.2) is 0 Å². The van der Waals surface area contributed by atoms with Crippen molar-refractivity contribution in [1.29, 1.82) is 0 Å². The monoisotopic (exact) mass is 360 g/mol. The number of nitrogens with one attached hydrogen (secondary N) is 1. The highest BCUT2D eigenvalue weighted by Gasteiger charge is 2.33. The highest BCUT2D eigenvalue weighted by molar-refractivity contribution is 6.31. The van der Waals surface area contributed by atoms with Crippen LogP contribution in [0.3, 0.4) is 0 Å². The Morgan fingerprint density at radius 3 is 2.58 bits per heavy atom. The fourth-order valence-corrected chi connectivity index (χ4v) is 1.92. The first kappa shape index (κ1) is 17.5. The molecule has 1 amide bonds. The van der Waals surface area contributed by atoms with Crippen molar-refractivity contribution in [3.05, 3.63) is 62.9 Å². The molecule has 6 nitrogen and oxygen atoms in total. The van der Waals surface area contributed by atoms with Crippen LogP contribution in [0.15, 0.2) is 40.8 Å². The van der Waals surface area contributed by atoms with Crippen molar-refractivity contribution in [1.82, 2.24) is 0 Å². The van der Waals surface area contributed by atoms with E-state index >= 15 is 0 Å². The number of nitro groups is 1. The van der Waals surface area contributed by atoms with E-state index in [-0.39, 0.29) is 11.4 Å². The molecule has 126 valence electrons. The number of benzene rings is 1. The second-order valence-electron chi connectivity index (χ2n) is 4.45. The lowest BCUT2D eigenvalue weighted by atomic mass is 10.2. The average Bonchev–Trinajstić information content (AvgIpc) is 2.95. The van der Waals surface area contributed by atoms with Crippen LogP contribution in [0.4, 0.5) is 24.7 Å². The fraction of sp³-hybridized carbons (Fsp3) is 0.0714. The molecule has 0 aliphatic heterocycles. The number of hydrogen-bond donors (Lipinski definition) is 1. The first-order valence-electron chi connectivity index (χ1n) is 6.27. The van der Waals surface area contributed by atoms with Gasteiger partial charge >= 0.3 is 12.1 Å². The van der Waals surface area contributed by atoms with Crippen molar-refractivity contribution in [3.8, 4) is 0 Å². The molecule has 2 rings (SSSR count). The second kappa shape index (κ2) is 6.75. The smallest absolute Gasteiger partial charge is 0.401 e. The van der Waals surface area contributed by atoms with Crippen molar-refractivity contribution in [2.45, 2.75) is 6.18 Å². The van der Waals surface area contributed by atoms with E-state index in [4.69, 9.17) is 16.0 Å². The molecule has 0 saturated heterocycles. The average molecular weight is 361 g/mol. The first-order chi connectivity index (χ1) is 11.2. The molecule has 0 unspecified atom stereocenters. The number of rotatable bonds is 4. The van der Waals surface area contributed by atoms with E-state index in [0.29, 0.717) is 6.07 Å². The summed E-state index contributed by atoms with van der Waals surface area (Å²) < 4.78 is 43.0. The summed E-state index contributed by atoms with van der Waals surface area (Å²) in [5, 5.41) is 12.2. The number of alkyl halides is 3. The summed E-state index contributed by atoms with van der Waals surface area (Å²) in [7, 11) is 0. The molecule has 10 heteroatoms. The van der Waals surface area contributed by atoms with Gasteiger partial charge in [0.1, 0.15) is 10.7 Å². The predicted molar refractivity (Wildman–Crippen MR) is 79.5 cm³/mol. The number of nitrogens with zero attached hydrogens (tertiary/aromatic N) is 1. The highest BCUT2D eigenvalue weighted by atomic mass is 35.5. The maximum Gasteiger partial charge on any atom is 0.433 e. The van der Waals surface area contributed by atoms with Gasteiger partial charge in [0.25, 0.3) is 0 Å². The highest BCUT2D eigenvalue weighted by Crippen LogP contribution is 2.36. The van der Waals surface area contributed by atoms with Crippen molar-refractivity contribution >= 4 is 35.2 Å². The molecule has 0 spiro atoms. The number of hydrogen-bond acceptors (Lipinski definition) is 4. The van der Waals surface area contributed by atoms with Crippen molar-refractivity contribution < 1.29 is 27.3 Å². The number of carbonyl (C=O) groups is 1. The Hall–Kier alpha value is -2.81. The molecule has 1 N–H and O–H groups in total. The van der Waals surface area contributed by atoms with Crippen LogP contribution < -0.4 is 5.32 Å². The van der Waals surface area contributed by atoms with Crippen LogP contribution in [-0.4, -0.2) is 10.8 Å². The first-order valence-corrected chi connectivity index (χ1v) is 6.64. The summed E-state index contributed by atoms with van der Waals surface area (Å²) >= 11 is 5.47. The van der Waals surface area contributed by atoms with Gasteiger partial charge in [-0.15, -0.1) is 0 Å². The second-order valence-corrected chi connectivity index (χ2v) is 4.86. The van der Waals surface area contributed by atoms with Crippen LogP contribution in [0.1, 0.15) is 11.3 Å². The third-order valence-electron chi connectivity index (χ3n) is 2.73. The molecule has 0 bridgehead atoms. The van der Waals surface area contributed by atoms with E-state index in [1.165, 1.54) is 12.1 Å². The fourth-order valence-electron chi connectivity index (χ4n) is 1.69. The van der Waals surface area contributed by atoms with Gasteiger partial charge in [-0.3, -0.25) is 14.9 Å². The van der Waals surface area contributed by atoms with E-state index in [0.717, 1.165) is 24.3 Å². The molecular weight excluding hydrogens is 353 g/mol. The van der Waals surface area contributed by atoms with Gasteiger partial charge in [-0.1, -0.05) is 11.6 Å². The standard InChI is InChI=1S/C14H8ClF3N2O4/c15-11-4-1-8(7-10(11)14(16,17)18)19-12(21)5-2-9-3-6-13(24-9)20(22)23/h1-7H,(H,19,21)/b5-2+. The number of carbonyl (C=O) groups excluding carboxylic acids is 1. The van der Waals surface area contributed by atoms with Crippen LogP contribution in [0.25, 0.3) is 6.08 Å². The Balaban J connectivity index is 2.09. The zero-order chi connectivity index (χ0) is 17.9. The summed E-state index contributed by atoms with van der Waals surface area (Å²) in [6, 6.07) is 5.30. The molecule has 1 aromatic heterocycles. The van der Waals surface area contributed by atoms with E-state index in [1.54, 1.807) is 0 Å². The van der Waals surface area contributed by atoms with Crippen LogP contribution >= 0.6 is 11.6 Å². The van der Waals surface area contributed by atoms with Crippen LogP contribution in [0.5, 0.6) is 0 Å². The summed E-state index contributed by atoms with van der Waals surface area (Å²) in [5.41, 5.74) is -1.18. The van der Waals surface area contributed by atoms with E-state index < -0.39 is 33.5 Å². The van der Waals surface area contributed by atoms with Gasteiger partial charge in [-0.2, -0.15) is 13.2 Å². The van der Waals surface area contributed by atoms with Gasteiger partial charge in [0.15, 0.2) is 0 Å². The molecule has 2 aromatic rings. The molecule has 0 aliphatic rings. The Morgan fingerprint density at radius 2 is 2.00 bits per heavy atom. The zero-order valence-corrected chi connectivity index (χ0v) is 12.4. The molecule has 0 radical (unpaired) electrons. The number of halogens is 4. The largest absolute Gasteiger partial charge is 0.433 e. The Kier molecular flexibility index (Phi) is 4.93. The molecule has 24 heavy (non-hydrogen) atoms. The summed E-state index contributed by atoms with van der Waals surface area (Å²) in [6.07, 6.45) is -2.55. The SMILES string of the molecule is O=C(/C=C/c1ccc([N+](=O)[O-])o1)Nc1ccc(Cl)c(C(F)(F)F)c1. The van der Waals surface area contributed by atoms with Gasteiger partial charge in [0, 0.05) is 11.8 Å². The molecule has 0 fully saturated rings. The molecule has 0 atom stereocenters. The van der Waals surface area contributed by atoms with Crippen LogP contribution in [-0.2, 0) is 11.0 Å². The van der Waals surface area contributed by atoms with E-state index in [1.807, 2.05) is 0 Å². The number of furan rings is 1. The van der Waals surface area contributed by atoms with E-state index in [2.05, 4.69) is 5.32 Å². The van der Waals surface area contributed by atoms with Crippen molar-refractivity contribution in [2.24, 2.45) is 0 Å². The van der Waals surface area contributed by atoms with Crippen molar-refractivity contribution in [2.75, 3.05) is 5.32 Å². The Morgan fingerprint density at radius 1 is 1.29 bits per heavy atom. The third kappa shape index (κ3) is 4.35. The van der Waals surface area contributed by atoms with Gasteiger partial charge in [-0.05, 0) is 30.3 Å². The summed E-state index contributed by atoms with van der Waals surface area (Å²) in [5.74, 6) is -1.20.